The molecule has 1 heterocycles. The molecule has 0 amide bonds. The van der Waals surface area contributed by atoms with E-state index in [1.165, 1.54) is 66.8 Å². The Kier molecular flexibility index (Phi) is 7.78. The summed E-state index contributed by atoms with van der Waals surface area (Å²) in [6.45, 7) is 4.75. The molecular weight excluding hydrogens is 701 g/mol. The van der Waals surface area contributed by atoms with Gasteiger partial charge in [0.05, 0.1) is 16.8 Å². The summed E-state index contributed by atoms with van der Waals surface area (Å²) >= 11 is 0. The molecule has 0 radical (unpaired) electrons. The molecule has 2 nitrogen and oxygen atoms in total. The van der Waals surface area contributed by atoms with Crippen molar-refractivity contribution in [3.8, 4) is 67.3 Å². The summed E-state index contributed by atoms with van der Waals surface area (Å²) in [7, 11) is 0. The number of hydrogen-bond acceptors (Lipinski definition) is 2. The Balaban J connectivity index is 1.23. The average Bonchev–Trinajstić information content (AvgIpc) is 3.59. The molecule has 11 rings (SSSR count). The molecule has 2 aliphatic rings. The molecule has 0 saturated carbocycles. The molecule has 0 aliphatic heterocycles. The van der Waals surface area contributed by atoms with Gasteiger partial charge in [-0.2, -0.15) is 0 Å². The van der Waals surface area contributed by atoms with Gasteiger partial charge >= 0.3 is 0 Å². The average molecular weight is 741 g/mol. The fourth-order valence-corrected chi connectivity index (χ4v) is 9.92. The lowest BCUT2D eigenvalue weighted by molar-refractivity contribution is 0.563. The standard InChI is InChI=1S/C56H40N2/c1-55(2)46-27-12-14-29-48(46)56(49-30-15-13-28-47(49)55)45-33-32-42(41-25-16-24-40(34-41)37-18-6-3-7-19-37)35-44(45)53-43(26-17-31-50(53)56)54-57-51(38-20-8-4-9-21-38)36-52(58-54)39-22-10-5-11-23-39/h3-36H,1-2H3. The molecular formula is C56H40N2. The Labute approximate surface area is 340 Å². The van der Waals surface area contributed by atoms with Crippen LogP contribution in [0.5, 0.6) is 0 Å². The highest BCUT2D eigenvalue weighted by atomic mass is 14.9. The Morgan fingerprint density at radius 3 is 1.34 bits per heavy atom. The predicted octanol–water partition coefficient (Wildman–Crippen LogP) is 13.8. The molecule has 0 fully saturated rings. The van der Waals surface area contributed by atoms with Gasteiger partial charge in [0, 0.05) is 22.1 Å². The number of fused-ring (bicyclic) bond motifs is 9. The van der Waals surface area contributed by atoms with Gasteiger partial charge in [-0.05, 0) is 85.0 Å². The second-order valence-corrected chi connectivity index (χ2v) is 16.1. The number of benzene rings is 8. The predicted molar refractivity (Wildman–Crippen MR) is 239 cm³/mol. The largest absolute Gasteiger partial charge is 0.228 e. The third-order valence-corrected chi connectivity index (χ3v) is 12.6. The molecule has 9 aromatic rings. The first-order valence-corrected chi connectivity index (χ1v) is 20.2. The Morgan fingerprint density at radius 1 is 0.310 bits per heavy atom. The number of hydrogen-bond donors (Lipinski definition) is 0. The monoisotopic (exact) mass is 740 g/mol. The van der Waals surface area contributed by atoms with E-state index in [1.807, 2.05) is 0 Å². The second-order valence-electron chi connectivity index (χ2n) is 16.1. The van der Waals surface area contributed by atoms with Gasteiger partial charge in [-0.1, -0.05) is 202 Å². The quantitative estimate of drug-likeness (QED) is 0.176. The first kappa shape index (κ1) is 34.1. The van der Waals surface area contributed by atoms with Crippen LogP contribution in [-0.2, 0) is 10.8 Å². The van der Waals surface area contributed by atoms with Crippen molar-refractivity contribution in [1.82, 2.24) is 9.97 Å². The van der Waals surface area contributed by atoms with Gasteiger partial charge in [0.15, 0.2) is 5.82 Å². The van der Waals surface area contributed by atoms with E-state index in [1.54, 1.807) is 0 Å². The molecule has 8 aromatic carbocycles. The minimum atomic E-state index is -0.549. The lowest BCUT2D eigenvalue weighted by Gasteiger charge is -2.46. The van der Waals surface area contributed by atoms with Gasteiger partial charge in [-0.15, -0.1) is 0 Å². The fourth-order valence-electron chi connectivity index (χ4n) is 9.92. The van der Waals surface area contributed by atoms with E-state index in [0.717, 1.165) is 28.1 Å². The first-order valence-electron chi connectivity index (χ1n) is 20.2. The lowest BCUT2D eigenvalue weighted by atomic mass is 9.55. The van der Waals surface area contributed by atoms with Crippen molar-refractivity contribution in [1.29, 1.82) is 0 Å². The van der Waals surface area contributed by atoms with Crippen LogP contribution in [0, 0.1) is 0 Å². The maximum atomic E-state index is 5.41. The topological polar surface area (TPSA) is 25.8 Å². The highest BCUT2D eigenvalue weighted by Gasteiger charge is 2.53. The summed E-state index contributed by atoms with van der Waals surface area (Å²) < 4.78 is 0. The summed E-state index contributed by atoms with van der Waals surface area (Å²) in [5.41, 5.74) is 19.3. The Hall–Kier alpha value is -7.16. The molecule has 58 heavy (non-hydrogen) atoms. The van der Waals surface area contributed by atoms with E-state index in [0.29, 0.717) is 5.82 Å². The van der Waals surface area contributed by atoms with Crippen molar-refractivity contribution in [3.63, 3.8) is 0 Å². The molecule has 1 spiro atoms. The molecule has 2 aliphatic carbocycles. The first-order chi connectivity index (χ1) is 28.5. The fraction of sp³-hybridized carbons (Fsp3) is 0.0714. The van der Waals surface area contributed by atoms with Crippen LogP contribution in [0.2, 0.25) is 0 Å². The van der Waals surface area contributed by atoms with Crippen molar-refractivity contribution >= 4 is 0 Å². The van der Waals surface area contributed by atoms with E-state index >= 15 is 0 Å². The SMILES string of the molecule is CC1(C)c2ccccc2C2(c3ccc(-c4cccc(-c5ccccc5)c4)cc3-c3c(-c4nc(-c5ccccc5)cc(-c5ccccc5)n4)cccc32)c2ccccc21. The number of aromatic nitrogens is 2. The highest BCUT2D eigenvalue weighted by molar-refractivity contribution is 5.97. The molecule has 0 saturated heterocycles. The van der Waals surface area contributed by atoms with Crippen molar-refractivity contribution in [2.24, 2.45) is 0 Å². The van der Waals surface area contributed by atoms with Gasteiger partial charge < -0.3 is 0 Å². The van der Waals surface area contributed by atoms with Crippen molar-refractivity contribution < 1.29 is 0 Å². The van der Waals surface area contributed by atoms with E-state index in [4.69, 9.17) is 9.97 Å². The van der Waals surface area contributed by atoms with Crippen LogP contribution in [0.1, 0.15) is 47.2 Å². The summed E-state index contributed by atoms with van der Waals surface area (Å²) in [6, 6.07) is 74.9. The van der Waals surface area contributed by atoms with Crippen LogP contribution >= 0.6 is 0 Å². The van der Waals surface area contributed by atoms with Gasteiger partial charge in [0.1, 0.15) is 0 Å². The maximum Gasteiger partial charge on any atom is 0.161 e. The van der Waals surface area contributed by atoms with Crippen LogP contribution in [0.4, 0.5) is 0 Å². The van der Waals surface area contributed by atoms with E-state index in [2.05, 4.69) is 220 Å². The van der Waals surface area contributed by atoms with E-state index in [9.17, 15) is 0 Å². The zero-order chi connectivity index (χ0) is 38.8. The minimum Gasteiger partial charge on any atom is -0.228 e. The number of nitrogens with zero attached hydrogens (tertiary/aromatic N) is 2. The van der Waals surface area contributed by atoms with Crippen molar-refractivity contribution in [2.75, 3.05) is 0 Å². The second kappa shape index (κ2) is 13.2. The molecule has 0 N–H and O–H groups in total. The zero-order valence-electron chi connectivity index (χ0n) is 32.5. The summed E-state index contributed by atoms with van der Waals surface area (Å²) in [5, 5.41) is 0. The third-order valence-electron chi connectivity index (χ3n) is 12.6. The zero-order valence-corrected chi connectivity index (χ0v) is 32.5. The van der Waals surface area contributed by atoms with Gasteiger partial charge in [0.25, 0.3) is 0 Å². The molecule has 1 aromatic heterocycles. The highest BCUT2D eigenvalue weighted by Crippen LogP contribution is 2.63. The summed E-state index contributed by atoms with van der Waals surface area (Å²) in [5.74, 6) is 0.717. The minimum absolute atomic E-state index is 0.186. The molecule has 274 valence electrons. The van der Waals surface area contributed by atoms with Crippen LogP contribution in [0.25, 0.3) is 67.3 Å². The van der Waals surface area contributed by atoms with Crippen molar-refractivity contribution in [2.45, 2.75) is 24.7 Å². The third kappa shape index (κ3) is 5.11. The lowest BCUT2D eigenvalue weighted by Crippen LogP contribution is -2.40. The molecule has 0 atom stereocenters. The van der Waals surface area contributed by atoms with Crippen LogP contribution in [0.3, 0.4) is 0 Å². The Morgan fingerprint density at radius 2 is 0.759 bits per heavy atom. The van der Waals surface area contributed by atoms with Gasteiger partial charge in [0.2, 0.25) is 0 Å². The molecule has 0 bridgehead atoms. The van der Waals surface area contributed by atoms with Crippen molar-refractivity contribution in [3.05, 3.63) is 240 Å². The maximum absolute atomic E-state index is 5.41. The van der Waals surface area contributed by atoms with Crippen LogP contribution in [0.15, 0.2) is 206 Å². The normalized spacial score (nSPS) is 14.0. The molecule has 0 unspecified atom stereocenters. The van der Waals surface area contributed by atoms with E-state index < -0.39 is 5.41 Å². The van der Waals surface area contributed by atoms with Crippen LogP contribution < -0.4 is 0 Å². The van der Waals surface area contributed by atoms with Crippen LogP contribution in [-0.4, -0.2) is 9.97 Å². The smallest absolute Gasteiger partial charge is 0.161 e. The van der Waals surface area contributed by atoms with E-state index in [-0.39, 0.29) is 5.41 Å². The Bertz CT molecular complexity index is 2910. The molecule has 2 heteroatoms. The van der Waals surface area contributed by atoms with Gasteiger partial charge in [-0.25, -0.2) is 9.97 Å². The summed E-state index contributed by atoms with van der Waals surface area (Å²) in [4.78, 5) is 10.8. The summed E-state index contributed by atoms with van der Waals surface area (Å²) in [6.07, 6.45) is 0. The van der Waals surface area contributed by atoms with Gasteiger partial charge in [-0.3, -0.25) is 0 Å². The number of rotatable bonds is 5.